The third-order valence-electron chi connectivity index (χ3n) is 16.6. The molecule has 16 nitrogen and oxygen atoms in total. The van der Waals surface area contributed by atoms with Crippen molar-refractivity contribution in [3.63, 3.8) is 0 Å². The Balaban J connectivity index is 0.860. The predicted molar refractivity (Wildman–Crippen MR) is 360 cm³/mol. The van der Waals surface area contributed by atoms with Gasteiger partial charge < -0.3 is 75.8 Å². The number of hydrogen-bond donors (Lipinski definition) is 0. The number of allylic oxidation sites excluding steroid dienone is 3. The summed E-state index contributed by atoms with van der Waals surface area (Å²) >= 11 is 0. The smallest absolute Gasteiger partial charge is 0.119 e. The fourth-order valence-electron chi connectivity index (χ4n) is 12.4. The van der Waals surface area contributed by atoms with E-state index in [9.17, 15) is 0 Å². The van der Waals surface area contributed by atoms with Crippen LogP contribution in [0.3, 0.4) is 0 Å². The maximum atomic E-state index is 6.13. The molecule has 2 atom stereocenters. The largest absolute Gasteiger partial charge is 0.491 e. The Morgan fingerprint density at radius 3 is 1.42 bits per heavy atom. The minimum atomic E-state index is 0.0846. The normalized spacial score (nSPS) is 14.8. The van der Waals surface area contributed by atoms with E-state index in [1.807, 2.05) is 24.3 Å². The molecular formula is C75H82N4O12. The lowest BCUT2D eigenvalue weighted by Gasteiger charge is -2.29. The molecule has 2 unspecified atom stereocenters. The van der Waals surface area contributed by atoms with Gasteiger partial charge in [-0.05, 0) is 164 Å². The zero-order chi connectivity index (χ0) is 62.0. The van der Waals surface area contributed by atoms with Crippen molar-refractivity contribution in [1.82, 2.24) is 9.13 Å². The van der Waals surface area contributed by atoms with Crippen molar-refractivity contribution in [2.45, 2.75) is 24.8 Å². The predicted octanol–water partition coefficient (Wildman–Crippen LogP) is 14.1. The molecule has 7 aromatic carbocycles. The van der Waals surface area contributed by atoms with Crippen molar-refractivity contribution < 1.29 is 56.8 Å². The molecule has 3 heterocycles. The van der Waals surface area contributed by atoms with Gasteiger partial charge in [0.15, 0.2) is 0 Å². The number of hydrogen-bond acceptors (Lipinski definition) is 14. The lowest BCUT2D eigenvalue weighted by molar-refractivity contribution is 0.0180. The third-order valence-corrected chi connectivity index (χ3v) is 16.6. The first kappa shape index (κ1) is 62.9. The molecule has 0 bridgehead atoms. The van der Waals surface area contributed by atoms with Crippen LogP contribution in [-0.2, 0) is 49.1 Å². The highest BCUT2D eigenvalue weighted by molar-refractivity contribution is 6.11. The fourth-order valence-corrected chi connectivity index (χ4v) is 12.4. The van der Waals surface area contributed by atoms with Crippen molar-refractivity contribution in [2.24, 2.45) is 0 Å². The molecule has 0 spiro atoms. The molecule has 91 heavy (non-hydrogen) atoms. The molecule has 0 saturated carbocycles. The van der Waals surface area contributed by atoms with Crippen LogP contribution in [-0.4, -0.2) is 155 Å². The van der Waals surface area contributed by atoms with Gasteiger partial charge in [-0.3, -0.25) is 0 Å². The van der Waals surface area contributed by atoms with Gasteiger partial charge in [0.1, 0.15) is 37.1 Å². The number of methoxy groups -OCH3 is 3. The second-order valence-corrected chi connectivity index (χ2v) is 22.3. The Hall–Kier alpha value is -8.26. The second-order valence-electron chi connectivity index (χ2n) is 22.3. The van der Waals surface area contributed by atoms with E-state index in [4.69, 9.17) is 56.8 Å². The van der Waals surface area contributed by atoms with Crippen LogP contribution in [0.15, 0.2) is 182 Å². The molecule has 0 N–H and O–H groups in total. The summed E-state index contributed by atoms with van der Waals surface area (Å²) in [7, 11) is 5.00. The number of rotatable bonds is 36. The molecule has 3 aliphatic rings. The van der Waals surface area contributed by atoms with E-state index < -0.39 is 0 Å². The van der Waals surface area contributed by atoms with Gasteiger partial charge in [0.25, 0.3) is 0 Å². The van der Waals surface area contributed by atoms with E-state index in [2.05, 4.69) is 183 Å². The van der Waals surface area contributed by atoms with Gasteiger partial charge in [-0.2, -0.15) is 0 Å². The molecule has 12 rings (SSSR count). The van der Waals surface area contributed by atoms with E-state index in [0.717, 1.165) is 91.5 Å². The van der Waals surface area contributed by atoms with Gasteiger partial charge in [0, 0.05) is 88.9 Å². The number of aryl methyl sites for hydroxylation is 1. The average Bonchev–Trinajstić information content (AvgIpc) is 1.65. The van der Waals surface area contributed by atoms with Crippen LogP contribution in [0.5, 0.6) is 17.2 Å². The van der Waals surface area contributed by atoms with Crippen molar-refractivity contribution in [3.05, 3.63) is 199 Å². The first-order valence-corrected chi connectivity index (χ1v) is 31.7. The van der Waals surface area contributed by atoms with Crippen LogP contribution in [0, 0.1) is 0 Å². The minimum absolute atomic E-state index is 0.0846. The van der Waals surface area contributed by atoms with Gasteiger partial charge >= 0.3 is 0 Å². The molecule has 474 valence electrons. The van der Waals surface area contributed by atoms with Gasteiger partial charge in [0.05, 0.1) is 122 Å². The van der Waals surface area contributed by atoms with E-state index >= 15 is 0 Å². The SMILES string of the molecule is COCCOCCOCCOc1ccc(N2c3ccc(N(c4ccc5c(c4)c4c(n5-c5ccc(OCCOCCOCCOC)cc5)C=CCC4)c4ccc5c(c4)c4ccccc4n5-c4ccc(OCCOCCOCCOC)cc4)cc3C3C=CC=CC32)cc1. The number of aromatic nitrogens is 2. The van der Waals surface area contributed by atoms with Crippen LogP contribution < -0.4 is 24.0 Å². The van der Waals surface area contributed by atoms with Gasteiger partial charge in [0.2, 0.25) is 0 Å². The summed E-state index contributed by atoms with van der Waals surface area (Å²) in [5.41, 5.74) is 14.7. The number of nitrogens with zero attached hydrogens (tertiary/aromatic N) is 4. The Bertz CT molecular complexity index is 3890. The van der Waals surface area contributed by atoms with Gasteiger partial charge in [-0.25, -0.2) is 0 Å². The Labute approximate surface area is 533 Å². The Morgan fingerprint density at radius 1 is 0.407 bits per heavy atom. The summed E-state index contributed by atoms with van der Waals surface area (Å²) in [6, 6.07) is 54.9. The molecule has 1 aliphatic heterocycles. The van der Waals surface area contributed by atoms with Gasteiger partial charge in [-0.1, -0.05) is 48.6 Å². The first-order chi connectivity index (χ1) is 45.1. The summed E-state index contributed by atoms with van der Waals surface area (Å²) in [5, 5.41) is 3.54. The number of fused-ring (bicyclic) bond motifs is 9. The van der Waals surface area contributed by atoms with E-state index in [0.29, 0.717) is 119 Å². The van der Waals surface area contributed by atoms with E-state index in [1.165, 1.54) is 27.9 Å². The monoisotopic (exact) mass is 1230 g/mol. The topological polar surface area (TPSA) is 127 Å². The van der Waals surface area contributed by atoms with E-state index in [-0.39, 0.29) is 12.0 Å². The Morgan fingerprint density at radius 2 is 0.857 bits per heavy atom. The minimum Gasteiger partial charge on any atom is -0.491 e. The molecule has 16 heteroatoms. The lowest BCUT2D eigenvalue weighted by Crippen LogP contribution is -2.28. The third kappa shape index (κ3) is 14.9. The lowest BCUT2D eigenvalue weighted by atomic mass is 9.91. The molecule has 0 saturated heterocycles. The molecular weight excluding hydrogens is 1150 g/mol. The molecule has 0 radical (unpaired) electrons. The van der Waals surface area contributed by atoms with Crippen LogP contribution in [0.25, 0.3) is 50.2 Å². The zero-order valence-corrected chi connectivity index (χ0v) is 52.4. The maximum Gasteiger partial charge on any atom is 0.119 e. The highest BCUT2D eigenvalue weighted by atomic mass is 16.6. The number of anilines is 5. The van der Waals surface area contributed by atoms with Crippen LogP contribution in [0.1, 0.15) is 29.2 Å². The summed E-state index contributed by atoms with van der Waals surface area (Å²) in [4.78, 5) is 4.92. The van der Waals surface area contributed by atoms with Crippen molar-refractivity contribution >= 4 is 67.2 Å². The zero-order valence-electron chi connectivity index (χ0n) is 52.4. The van der Waals surface area contributed by atoms with Crippen LogP contribution >= 0.6 is 0 Å². The average molecular weight is 1230 g/mol. The summed E-state index contributed by atoms with van der Waals surface area (Å²) < 4.78 is 72.1. The van der Waals surface area contributed by atoms with E-state index in [1.54, 1.807) is 21.3 Å². The highest BCUT2D eigenvalue weighted by Gasteiger charge is 2.38. The van der Waals surface area contributed by atoms with Crippen LogP contribution in [0.4, 0.5) is 28.4 Å². The molecule has 0 amide bonds. The second kappa shape index (κ2) is 31.7. The molecule has 2 aromatic heterocycles. The van der Waals surface area contributed by atoms with Crippen molar-refractivity contribution in [2.75, 3.05) is 150 Å². The van der Waals surface area contributed by atoms with Crippen molar-refractivity contribution in [1.29, 1.82) is 0 Å². The standard InChI is InChI=1S/C75H82N4O12/c1-80-34-37-83-40-43-86-46-49-89-61-25-16-55(17-26-61)77-70-13-7-4-10-64(70)67-52-58(22-31-73(67)77)76(59-23-32-74-68(53-59)65-11-5-8-14-71(65)78(74)56-18-27-62(28-19-56)90-50-47-87-44-41-84-38-35-81-2)60-24-33-75-69(54-60)66-12-6-9-15-72(66)79(75)57-20-29-63(30-21-57)91-51-48-88-45-42-85-39-36-82-3/h4-5,7-11,13-33,52-54,64,70H,6,12,34-51H2,1-3H3. The molecule has 9 aromatic rings. The number of ether oxygens (including phenoxy) is 12. The summed E-state index contributed by atoms with van der Waals surface area (Å²) in [6.07, 6.45) is 15.5. The number of benzene rings is 7. The summed E-state index contributed by atoms with van der Waals surface area (Å²) in [5.74, 6) is 2.49. The van der Waals surface area contributed by atoms with Gasteiger partial charge in [-0.15, -0.1) is 0 Å². The molecule has 2 aliphatic carbocycles. The highest BCUT2D eigenvalue weighted by Crippen LogP contribution is 2.51. The quantitative estimate of drug-likeness (QED) is 0.0346. The first-order valence-electron chi connectivity index (χ1n) is 31.7. The fraction of sp³-hybridized carbons (Fsp3) is 0.333. The Kier molecular flexibility index (Phi) is 21.9. The van der Waals surface area contributed by atoms with Crippen molar-refractivity contribution in [3.8, 4) is 28.6 Å². The number of para-hydroxylation sites is 1. The summed E-state index contributed by atoms with van der Waals surface area (Å²) in [6.45, 7) is 9.17. The maximum absolute atomic E-state index is 6.13. The molecule has 0 fully saturated rings. The van der Waals surface area contributed by atoms with Crippen LogP contribution in [0.2, 0.25) is 0 Å².